The number of rotatable bonds is 6. The number of halogens is 3. The van der Waals surface area contributed by atoms with Crippen molar-refractivity contribution in [2.24, 2.45) is 0 Å². The van der Waals surface area contributed by atoms with Gasteiger partial charge in [-0.1, -0.05) is 45.7 Å². The highest BCUT2D eigenvalue weighted by molar-refractivity contribution is 6.76. The van der Waals surface area contributed by atoms with Gasteiger partial charge in [-0.3, -0.25) is 4.79 Å². The van der Waals surface area contributed by atoms with Crippen molar-refractivity contribution >= 4 is 14.1 Å². The summed E-state index contributed by atoms with van der Waals surface area (Å²) in [5, 5.41) is 0. The first kappa shape index (κ1) is 16.5. The van der Waals surface area contributed by atoms with E-state index in [0.717, 1.165) is 36.3 Å². The molecule has 0 aliphatic rings. The van der Waals surface area contributed by atoms with Gasteiger partial charge in [0, 0.05) is 7.05 Å². The zero-order valence-electron chi connectivity index (χ0n) is 11.0. The van der Waals surface area contributed by atoms with Crippen LogP contribution in [0, 0.1) is 0 Å². The van der Waals surface area contributed by atoms with Gasteiger partial charge in [0.2, 0.25) is 0 Å². The molecule has 0 N–H and O–H groups in total. The summed E-state index contributed by atoms with van der Waals surface area (Å²) >= 11 is 0. The Labute approximate surface area is 102 Å². The Hall–Kier alpha value is -0.523. The summed E-state index contributed by atoms with van der Waals surface area (Å²) in [5.74, 6) is -1.70. The van der Waals surface area contributed by atoms with Gasteiger partial charge >= 0.3 is 12.1 Å². The van der Waals surface area contributed by atoms with E-state index in [4.69, 9.17) is 0 Å². The first-order valence-electron chi connectivity index (χ1n) is 5.98. The molecule has 0 aliphatic carbocycles. The Balaban J connectivity index is 4.34. The van der Waals surface area contributed by atoms with E-state index in [2.05, 4.69) is 6.92 Å². The maximum absolute atomic E-state index is 12.3. The van der Waals surface area contributed by atoms with Crippen LogP contribution < -0.4 is 0 Å². The molecule has 0 aliphatic heterocycles. The number of hydrogen-bond donors (Lipinski definition) is 0. The van der Waals surface area contributed by atoms with Gasteiger partial charge in [0.05, 0.1) is 0 Å². The van der Waals surface area contributed by atoms with Gasteiger partial charge in [-0.25, -0.2) is 0 Å². The van der Waals surface area contributed by atoms with E-state index in [0.29, 0.717) is 0 Å². The second-order valence-electron chi connectivity index (χ2n) is 4.99. The van der Waals surface area contributed by atoms with Crippen molar-refractivity contribution in [1.82, 2.24) is 4.57 Å². The number of hydrogen-bond acceptors (Lipinski definition) is 1. The number of alkyl halides is 3. The second kappa shape index (κ2) is 6.42. The van der Waals surface area contributed by atoms with Crippen molar-refractivity contribution in [3.8, 4) is 0 Å². The molecule has 0 bridgehead atoms. The minimum Gasteiger partial charge on any atom is -0.365 e. The highest BCUT2D eigenvalue weighted by Gasteiger charge is 2.45. The largest absolute Gasteiger partial charge is 0.470 e. The zero-order valence-corrected chi connectivity index (χ0v) is 12.0. The summed E-state index contributed by atoms with van der Waals surface area (Å²) in [4.78, 5) is 11.1. The van der Waals surface area contributed by atoms with Crippen LogP contribution in [-0.2, 0) is 4.79 Å². The summed E-state index contributed by atoms with van der Waals surface area (Å²) in [6, 6.07) is 0.727. The van der Waals surface area contributed by atoms with Crippen LogP contribution in [0.2, 0.25) is 19.1 Å². The van der Waals surface area contributed by atoms with Crippen LogP contribution >= 0.6 is 0 Å². The highest BCUT2D eigenvalue weighted by Crippen LogP contribution is 2.24. The van der Waals surface area contributed by atoms with E-state index in [1.54, 1.807) is 0 Å². The fraction of sp³-hybridized carbons (Fsp3) is 0.909. The van der Waals surface area contributed by atoms with Crippen molar-refractivity contribution in [3.63, 3.8) is 0 Å². The maximum Gasteiger partial charge on any atom is 0.470 e. The molecular formula is C11H22F3NOSi. The van der Waals surface area contributed by atoms with E-state index >= 15 is 0 Å². The lowest BCUT2D eigenvalue weighted by molar-refractivity contribution is -0.179. The number of amides is 1. The van der Waals surface area contributed by atoms with Gasteiger partial charge in [-0.2, -0.15) is 13.2 Å². The predicted octanol–water partition coefficient (Wildman–Crippen LogP) is 3.79. The van der Waals surface area contributed by atoms with Crippen molar-refractivity contribution in [2.75, 3.05) is 7.05 Å². The Bertz CT molecular complexity index is 254. The normalized spacial score (nSPS) is 12.6. The third-order valence-electron chi connectivity index (χ3n) is 3.10. The Morgan fingerprint density at radius 1 is 1.18 bits per heavy atom. The van der Waals surface area contributed by atoms with Gasteiger partial charge in [-0.15, -0.1) is 0 Å². The van der Waals surface area contributed by atoms with Crippen LogP contribution in [0.5, 0.6) is 0 Å². The standard InChI is InChI=1S/C11H22F3NOSi/c1-5-6-7-8-9-17(3,4)15(2)10(16)11(12,13)14/h5-9H2,1-4H3. The van der Waals surface area contributed by atoms with Crippen LogP contribution in [-0.4, -0.2) is 31.9 Å². The quantitative estimate of drug-likeness (QED) is 0.530. The lowest BCUT2D eigenvalue weighted by atomic mass is 10.2. The highest BCUT2D eigenvalue weighted by atomic mass is 28.3. The lowest BCUT2D eigenvalue weighted by Gasteiger charge is -2.34. The van der Waals surface area contributed by atoms with E-state index in [9.17, 15) is 18.0 Å². The average Bonchev–Trinajstić information content (AvgIpc) is 2.21. The van der Waals surface area contributed by atoms with Crippen molar-refractivity contribution in [1.29, 1.82) is 0 Å². The van der Waals surface area contributed by atoms with Gasteiger partial charge < -0.3 is 4.57 Å². The maximum atomic E-state index is 12.3. The van der Waals surface area contributed by atoms with E-state index in [1.165, 1.54) is 7.05 Å². The fourth-order valence-electron chi connectivity index (χ4n) is 1.62. The second-order valence-corrected chi connectivity index (χ2v) is 9.78. The minimum atomic E-state index is -4.75. The molecule has 0 radical (unpaired) electrons. The molecule has 6 heteroatoms. The number of carbonyl (C=O) groups is 1. The summed E-state index contributed by atoms with van der Waals surface area (Å²) in [6.45, 7) is 5.70. The van der Waals surface area contributed by atoms with Gasteiger partial charge in [-0.05, 0) is 6.04 Å². The molecule has 0 saturated carbocycles. The Kier molecular flexibility index (Phi) is 6.22. The van der Waals surface area contributed by atoms with E-state index < -0.39 is 20.3 Å². The fourth-order valence-corrected chi connectivity index (χ4v) is 3.74. The summed E-state index contributed by atoms with van der Waals surface area (Å²) < 4.78 is 37.9. The van der Waals surface area contributed by atoms with Crippen LogP contribution in [0.3, 0.4) is 0 Å². The zero-order chi connectivity index (χ0) is 13.7. The minimum absolute atomic E-state index is 0.727. The van der Waals surface area contributed by atoms with Gasteiger partial charge in [0.25, 0.3) is 0 Å². The molecule has 0 unspecified atom stereocenters. The summed E-state index contributed by atoms with van der Waals surface area (Å²) in [5.41, 5.74) is 0. The van der Waals surface area contributed by atoms with Crippen LogP contribution in [0.4, 0.5) is 13.2 Å². The molecule has 0 fully saturated rings. The predicted molar refractivity (Wildman–Crippen MR) is 65.3 cm³/mol. The average molecular weight is 269 g/mol. The molecule has 102 valence electrons. The molecule has 0 heterocycles. The number of unbranched alkanes of at least 4 members (excludes halogenated alkanes) is 3. The van der Waals surface area contributed by atoms with Crippen LogP contribution in [0.25, 0.3) is 0 Å². The van der Waals surface area contributed by atoms with Gasteiger partial charge in [0.15, 0.2) is 8.24 Å². The molecule has 0 aromatic rings. The van der Waals surface area contributed by atoms with Crippen molar-refractivity contribution in [3.05, 3.63) is 0 Å². The number of carbonyl (C=O) groups excluding carboxylic acids is 1. The van der Waals surface area contributed by atoms with Gasteiger partial charge in [0.1, 0.15) is 0 Å². The molecule has 17 heavy (non-hydrogen) atoms. The third-order valence-corrected chi connectivity index (χ3v) is 6.69. The first-order valence-corrected chi connectivity index (χ1v) is 9.13. The van der Waals surface area contributed by atoms with Crippen LogP contribution in [0.1, 0.15) is 32.6 Å². The molecule has 0 rings (SSSR count). The van der Waals surface area contributed by atoms with Crippen LogP contribution in [0.15, 0.2) is 0 Å². The smallest absolute Gasteiger partial charge is 0.365 e. The number of nitrogens with zero attached hydrogens (tertiary/aromatic N) is 1. The SMILES string of the molecule is CCCCCC[Si](C)(C)N(C)C(=O)C(F)(F)F. The summed E-state index contributed by atoms with van der Waals surface area (Å²) in [7, 11) is -0.986. The molecule has 0 atom stereocenters. The molecular weight excluding hydrogens is 247 g/mol. The molecule has 0 aromatic heterocycles. The van der Waals surface area contributed by atoms with Crippen molar-refractivity contribution < 1.29 is 18.0 Å². The van der Waals surface area contributed by atoms with E-state index in [-0.39, 0.29) is 0 Å². The monoisotopic (exact) mass is 269 g/mol. The van der Waals surface area contributed by atoms with Crippen molar-refractivity contribution in [2.45, 2.75) is 57.9 Å². The molecule has 0 aromatic carbocycles. The third kappa shape index (κ3) is 5.56. The molecule has 0 spiro atoms. The lowest BCUT2D eigenvalue weighted by Crippen LogP contribution is -2.53. The van der Waals surface area contributed by atoms with E-state index in [1.807, 2.05) is 13.1 Å². The topological polar surface area (TPSA) is 20.3 Å². The Morgan fingerprint density at radius 3 is 2.12 bits per heavy atom. The summed E-state index contributed by atoms with van der Waals surface area (Å²) in [6.07, 6.45) is -0.618. The molecule has 0 saturated heterocycles. The molecule has 1 amide bonds. The first-order chi connectivity index (χ1) is 7.63. The molecule has 2 nitrogen and oxygen atoms in total. The Morgan fingerprint density at radius 2 is 1.71 bits per heavy atom.